The number of thiophene rings is 1. The minimum Gasteiger partial charge on any atom is -0.350 e. The number of nitrogens with one attached hydrogen (secondary N) is 2. The first-order valence-electron chi connectivity index (χ1n) is 7.94. The predicted molar refractivity (Wildman–Crippen MR) is 94.8 cm³/mol. The number of hydrogen-bond acceptors (Lipinski definition) is 4. The molecule has 1 atom stereocenters. The molecule has 0 fully saturated rings. The molecule has 0 aliphatic rings. The maximum Gasteiger partial charge on any atom is 0.243 e. The second-order valence-corrected chi connectivity index (χ2v) is 6.94. The Bertz CT molecular complexity index is 803. The van der Waals surface area contributed by atoms with Gasteiger partial charge in [-0.1, -0.05) is 19.9 Å². The maximum absolute atomic E-state index is 12.5. The van der Waals surface area contributed by atoms with Crippen molar-refractivity contribution in [3.05, 3.63) is 47.5 Å². The highest BCUT2D eigenvalue weighted by molar-refractivity contribution is 7.13. The third kappa shape index (κ3) is 3.26. The summed E-state index contributed by atoms with van der Waals surface area (Å²) in [5.41, 5.74) is 1.94. The molecule has 0 radical (unpaired) electrons. The number of aromatic nitrogens is 4. The van der Waals surface area contributed by atoms with Gasteiger partial charge in [-0.05, 0) is 18.4 Å². The van der Waals surface area contributed by atoms with Crippen molar-refractivity contribution >= 4 is 17.2 Å². The van der Waals surface area contributed by atoms with Crippen molar-refractivity contribution in [2.75, 3.05) is 0 Å². The van der Waals surface area contributed by atoms with Gasteiger partial charge in [0.25, 0.3) is 0 Å². The van der Waals surface area contributed by atoms with Crippen LogP contribution < -0.4 is 5.32 Å². The normalized spacial score (nSPS) is 12.5. The largest absolute Gasteiger partial charge is 0.350 e. The van der Waals surface area contributed by atoms with Crippen LogP contribution in [0.25, 0.3) is 10.6 Å². The van der Waals surface area contributed by atoms with Crippen molar-refractivity contribution < 1.29 is 4.79 Å². The van der Waals surface area contributed by atoms with Crippen LogP contribution in [0.5, 0.6) is 0 Å². The number of carbonyl (C=O) groups is 1. The second kappa shape index (κ2) is 7.00. The van der Waals surface area contributed by atoms with Gasteiger partial charge in [0.05, 0.1) is 16.8 Å². The van der Waals surface area contributed by atoms with Gasteiger partial charge in [-0.15, -0.1) is 11.3 Å². The molecule has 0 unspecified atom stereocenters. The van der Waals surface area contributed by atoms with Crippen LogP contribution in [0.4, 0.5) is 0 Å². The molecule has 2 N–H and O–H groups in total. The Kier molecular flexibility index (Phi) is 4.80. The standard InChI is InChI=1S/C17H21N5OS/c1-11(2)16-18-6-7-22(16)12(3)17(23)19-9-13-10-20-21-15(13)14-5-4-8-24-14/h4-8,10-12H,9H2,1-3H3,(H,19,23)(H,20,21)/t12-/m1/s1. The zero-order chi connectivity index (χ0) is 17.1. The van der Waals surface area contributed by atoms with E-state index in [1.807, 2.05) is 35.2 Å². The zero-order valence-corrected chi connectivity index (χ0v) is 14.8. The Morgan fingerprint density at radius 3 is 2.96 bits per heavy atom. The molecule has 6 nitrogen and oxygen atoms in total. The second-order valence-electron chi connectivity index (χ2n) is 5.99. The maximum atomic E-state index is 12.5. The molecule has 126 valence electrons. The number of aromatic amines is 1. The number of H-pyrrole nitrogens is 1. The molecule has 7 heteroatoms. The molecule has 0 aromatic carbocycles. The van der Waals surface area contributed by atoms with Gasteiger partial charge < -0.3 is 9.88 Å². The molecule has 3 heterocycles. The first-order chi connectivity index (χ1) is 11.6. The van der Waals surface area contributed by atoms with Gasteiger partial charge in [-0.2, -0.15) is 5.10 Å². The van der Waals surface area contributed by atoms with Crippen molar-refractivity contribution in [3.8, 4) is 10.6 Å². The lowest BCUT2D eigenvalue weighted by Crippen LogP contribution is -2.31. The summed E-state index contributed by atoms with van der Waals surface area (Å²) in [5, 5.41) is 12.1. The van der Waals surface area contributed by atoms with Gasteiger partial charge in [0.1, 0.15) is 11.9 Å². The number of nitrogens with zero attached hydrogens (tertiary/aromatic N) is 3. The van der Waals surface area contributed by atoms with Crippen molar-refractivity contribution in [3.63, 3.8) is 0 Å². The summed E-state index contributed by atoms with van der Waals surface area (Å²) in [6.07, 6.45) is 5.36. The van der Waals surface area contributed by atoms with Crippen molar-refractivity contribution in [1.82, 2.24) is 25.1 Å². The summed E-state index contributed by atoms with van der Waals surface area (Å²) in [4.78, 5) is 18.0. The van der Waals surface area contributed by atoms with Crippen molar-refractivity contribution in [2.24, 2.45) is 0 Å². The predicted octanol–water partition coefficient (Wildman–Crippen LogP) is 3.34. The summed E-state index contributed by atoms with van der Waals surface area (Å²) in [5.74, 6) is 1.16. The van der Waals surface area contributed by atoms with Crippen LogP contribution in [0, 0.1) is 0 Å². The fourth-order valence-electron chi connectivity index (χ4n) is 2.63. The molecule has 0 spiro atoms. The van der Waals surface area contributed by atoms with E-state index in [0.29, 0.717) is 6.54 Å². The van der Waals surface area contributed by atoms with Gasteiger partial charge in [0, 0.05) is 30.4 Å². The van der Waals surface area contributed by atoms with E-state index in [9.17, 15) is 4.79 Å². The van der Waals surface area contributed by atoms with Crippen LogP contribution in [-0.4, -0.2) is 25.7 Å². The molecule has 3 aromatic rings. The first-order valence-corrected chi connectivity index (χ1v) is 8.82. The third-order valence-corrected chi connectivity index (χ3v) is 4.84. The van der Waals surface area contributed by atoms with E-state index in [-0.39, 0.29) is 17.9 Å². The lowest BCUT2D eigenvalue weighted by molar-refractivity contribution is -0.124. The summed E-state index contributed by atoms with van der Waals surface area (Å²) < 4.78 is 1.93. The summed E-state index contributed by atoms with van der Waals surface area (Å²) in [6.45, 7) is 6.47. The van der Waals surface area contributed by atoms with Crippen LogP contribution in [0.2, 0.25) is 0 Å². The molecule has 24 heavy (non-hydrogen) atoms. The minimum absolute atomic E-state index is 0.0340. The summed E-state index contributed by atoms with van der Waals surface area (Å²) in [6, 6.07) is 3.73. The van der Waals surface area contributed by atoms with E-state index in [4.69, 9.17) is 0 Å². The lowest BCUT2D eigenvalue weighted by atomic mass is 10.2. The van der Waals surface area contributed by atoms with Gasteiger partial charge >= 0.3 is 0 Å². The van der Waals surface area contributed by atoms with E-state index < -0.39 is 0 Å². The smallest absolute Gasteiger partial charge is 0.243 e. The number of hydrogen-bond donors (Lipinski definition) is 2. The average Bonchev–Trinajstić information content (AvgIpc) is 3.31. The molecule has 0 aliphatic carbocycles. The number of carbonyl (C=O) groups excluding carboxylic acids is 1. The summed E-state index contributed by atoms with van der Waals surface area (Å²) >= 11 is 1.64. The molecular formula is C17H21N5OS. The van der Waals surface area contributed by atoms with Crippen molar-refractivity contribution in [2.45, 2.75) is 39.3 Å². The van der Waals surface area contributed by atoms with Crippen LogP contribution >= 0.6 is 11.3 Å². The Morgan fingerprint density at radius 1 is 1.42 bits per heavy atom. The number of rotatable bonds is 6. The highest BCUT2D eigenvalue weighted by Gasteiger charge is 2.19. The van der Waals surface area contributed by atoms with Crippen LogP contribution in [0.1, 0.15) is 44.1 Å². The van der Waals surface area contributed by atoms with Crippen LogP contribution in [-0.2, 0) is 11.3 Å². The Balaban J connectivity index is 1.68. The molecule has 0 aliphatic heterocycles. The lowest BCUT2D eigenvalue weighted by Gasteiger charge is -2.17. The highest BCUT2D eigenvalue weighted by atomic mass is 32.1. The fourth-order valence-corrected chi connectivity index (χ4v) is 3.39. The van der Waals surface area contributed by atoms with Gasteiger partial charge in [0.2, 0.25) is 5.91 Å². The summed E-state index contributed by atoms with van der Waals surface area (Å²) in [7, 11) is 0. The van der Waals surface area contributed by atoms with Crippen LogP contribution in [0.15, 0.2) is 36.1 Å². The monoisotopic (exact) mass is 343 g/mol. The van der Waals surface area contributed by atoms with E-state index in [2.05, 4.69) is 34.3 Å². The van der Waals surface area contributed by atoms with E-state index in [1.165, 1.54) is 0 Å². The topological polar surface area (TPSA) is 75.6 Å². The molecule has 0 bridgehead atoms. The molecule has 1 amide bonds. The van der Waals surface area contributed by atoms with Gasteiger partial charge in [0.15, 0.2) is 0 Å². The molecule has 0 saturated carbocycles. The first kappa shape index (κ1) is 16.4. The quantitative estimate of drug-likeness (QED) is 0.721. The fraction of sp³-hybridized carbons (Fsp3) is 0.353. The minimum atomic E-state index is -0.304. The Morgan fingerprint density at radius 2 is 2.25 bits per heavy atom. The average molecular weight is 343 g/mol. The van der Waals surface area contributed by atoms with Gasteiger partial charge in [-0.25, -0.2) is 4.98 Å². The molecule has 3 rings (SSSR count). The third-order valence-electron chi connectivity index (χ3n) is 3.95. The van der Waals surface area contributed by atoms with Crippen LogP contribution in [0.3, 0.4) is 0 Å². The highest BCUT2D eigenvalue weighted by Crippen LogP contribution is 2.25. The number of amides is 1. The van der Waals surface area contributed by atoms with E-state index >= 15 is 0 Å². The molecule has 3 aromatic heterocycles. The Hall–Kier alpha value is -2.41. The van der Waals surface area contributed by atoms with E-state index in [1.54, 1.807) is 23.7 Å². The Labute approximate surface area is 144 Å². The SMILES string of the molecule is CC(C)c1nccn1[C@H](C)C(=O)NCc1cn[nH]c1-c1cccs1. The zero-order valence-electron chi connectivity index (χ0n) is 14.0. The van der Waals surface area contributed by atoms with Gasteiger partial charge in [-0.3, -0.25) is 9.89 Å². The van der Waals surface area contributed by atoms with Crippen molar-refractivity contribution in [1.29, 1.82) is 0 Å². The van der Waals surface area contributed by atoms with E-state index in [0.717, 1.165) is 22.0 Å². The number of imidazole rings is 1. The molecule has 0 saturated heterocycles. The molecular weight excluding hydrogens is 322 g/mol.